The Morgan fingerprint density at radius 1 is 0.333 bits per heavy atom. The Balaban J connectivity index is 0. The minimum atomic E-state index is 1.15. The molecule has 0 spiro atoms. The van der Waals surface area contributed by atoms with Crippen molar-refractivity contribution in [1.29, 1.82) is 0 Å². The molecule has 2 aromatic rings. The standard InChI is InChI=1S/C16H16.4C2H6/c1-2-14-4-3-13(1)9-10-15-5-7-16(8-6-15)12-11-14;4*1-2/h1-8H,9-12H2;4*1-2H3. The molecule has 0 radical (unpaired) electrons. The van der Waals surface area contributed by atoms with Crippen molar-refractivity contribution in [3.63, 3.8) is 0 Å². The summed E-state index contributed by atoms with van der Waals surface area (Å²) in [7, 11) is 0. The molecule has 0 saturated carbocycles. The zero-order chi connectivity index (χ0) is 18.8. The zero-order valence-corrected chi connectivity index (χ0v) is 17.4. The van der Waals surface area contributed by atoms with Crippen molar-refractivity contribution < 1.29 is 0 Å². The molecule has 0 heteroatoms. The van der Waals surface area contributed by atoms with Crippen LogP contribution in [0.4, 0.5) is 0 Å². The summed E-state index contributed by atoms with van der Waals surface area (Å²) in [5, 5.41) is 0. The molecule has 0 N–H and O–H groups in total. The first-order chi connectivity index (χ1) is 11.9. The topological polar surface area (TPSA) is 0 Å². The lowest BCUT2D eigenvalue weighted by Gasteiger charge is -2.09. The lowest BCUT2D eigenvalue weighted by atomic mass is 9.97. The van der Waals surface area contributed by atoms with Crippen LogP contribution >= 0.6 is 0 Å². The van der Waals surface area contributed by atoms with Gasteiger partial charge in [-0.2, -0.15) is 0 Å². The van der Waals surface area contributed by atoms with E-state index >= 15 is 0 Å². The Kier molecular flexibility index (Phi) is 18.3. The van der Waals surface area contributed by atoms with Crippen LogP contribution in [0.2, 0.25) is 0 Å². The first-order valence-corrected chi connectivity index (χ1v) is 10.1. The van der Waals surface area contributed by atoms with Crippen LogP contribution in [0.5, 0.6) is 0 Å². The van der Waals surface area contributed by atoms with E-state index in [2.05, 4.69) is 48.5 Å². The van der Waals surface area contributed by atoms with Crippen LogP contribution in [0, 0.1) is 0 Å². The van der Waals surface area contributed by atoms with Crippen molar-refractivity contribution in [1.82, 2.24) is 0 Å². The molecule has 0 nitrogen and oxygen atoms in total. The Hall–Kier alpha value is -1.56. The zero-order valence-electron chi connectivity index (χ0n) is 17.4. The van der Waals surface area contributed by atoms with Crippen molar-refractivity contribution in [3.8, 4) is 0 Å². The molecule has 0 aromatic heterocycles. The summed E-state index contributed by atoms with van der Waals surface area (Å²) in [5.41, 5.74) is 5.81. The van der Waals surface area contributed by atoms with E-state index in [1.807, 2.05) is 55.4 Å². The van der Waals surface area contributed by atoms with Gasteiger partial charge in [0, 0.05) is 0 Å². The van der Waals surface area contributed by atoms with Gasteiger partial charge in [0.25, 0.3) is 0 Å². The van der Waals surface area contributed by atoms with Gasteiger partial charge in [-0.15, -0.1) is 0 Å². The van der Waals surface area contributed by atoms with E-state index in [4.69, 9.17) is 0 Å². The van der Waals surface area contributed by atoms with Gasteiger partial charge in [0.15, 0.2) is 0 Å². The molecule has 6 rings (SSSR count). The molecule has 0 unspecified atom stereocenters. The molecule has 0 fully saturated rings. The second-order valence-corrected chi connectivity index (χ2v) is 4.63. The Labute approximate surface area is 152 Å². The molecular formula is C24H40. The predicted molar refractivity (Wildman–Crippen MR) is 113 cm³/mol. The lowest BCUT2D eigenvalue weighted by Crippen LogP contribution is -1.97. The summed E-state index contributed by atoms with van der Waals surface area (Å²) in [5.74, 6) is 0. The highest BCUT2D eigenvalue weighted by Crippen LogP contribution is 2.14. The number of aryl methyl sites for hydroxylation is 4. The Morgan fingerprint density at radius 2 is 0.458 bits per heavy atom. The summed E-state index contributed by atoms with van der Waals surface area (Å²) >= 11 is 0. The monoisotopic (exact) mass is 328 g/mol. The van der Waals surface area contributed by atoms with Gasteiger partial charge in [0.2, 0.25) is 0 Å². The van der Waals surface area contributed by atoms with E-state index < -0.39 is 0 Å². The Bertz CT molecular complexity index is 369. The largest absolute Gasteiger partial charge is 0.0683 e. The average Bonchev–Trinajstić information content (AvgIpc) is 2.71. The van der Waals surface area contributed by atoms with Crippen molar-refractivity contribution >= 4 is 0 Å². The SMILES string of the molecule is CC.CC.CC.CC.c1cc2ccc1CCc1ccc(cc1)CC2. The van der Waals surface area contributed by atoms with Crippen LogP contribution in [0.1, 0.15) is 77.6 Å². The van der Waals surface area contributed by atoms with Crippen LogP contribution < -0.4 is 0 Å². The predicted octanol–water partition coefficient (Wildman–Crippen LogP) is 7.68. The van der Waals surface area contributed by atoms with Crippen LogP contribution in [0.3, 0.4) is 0 Å². The van der Waals surface area contributed by atoms with Gasteiger partial charge < -0.3 is 0 Å². The highest BCUT2D eigenvalue weighted by Gasteiger charge is 2.01. The quantitative estimate of drug-likeness (QED) is 0.465. The summed E-state index contributed by atoms with van der Waals surface area (Å²) < 4.78 is 0. The van der Waals surface area contributed by atoms with E-state index in [-0.39, 0.29) is 0 Å². The van der Waals surface area contributed by atoms with Gasteiger partial charge in [0.05, 0.1) is 0 Å². The third-order valence-electron chi connectivity index (χ3n) is 3.45. The van der Waals surface area contributed by atoms with Gasteiger partial charge >= 0.3 is 0 Å². The summed E-state index contributed by atoms with van der Waals surface area (Å²) in [6.07, 6.45) is 4.61. The lowest BCUT2D eigenvalue weighted by molar-refractivity contribution is 0.921. The van der Waals surface area contributed by atoms with Crippen LogP contribution in [-0.4, -0.2) is 0 Å². The van der Waals surface area contributed by atoms with E-state index in [0.29, 0.717) is 0 Å². The van der Waals surface area contributed by atoms with Gasteiger partial charge in [-0.05, 0) is 47.9 Å². The third kappa shape index (κ3) is 9.55. The molecule has 4 aliphatic carbocycles. The minimum Gasteiger partial charge on any atom is -0.0683 e. The normalized spacial score (nSPS) is 10.7. The van der Waals surface area contributed by atoms with Crippen LogP contribution in [0.15, 0.2) is 48.5 Å². The maximum absolute atomic E-state index is 2.28. The second-order valence-electron chi connectivity index (χ2n) is 4.63. The van der Waals surface area contributed by atoms with Crippen LogP contribution in [0.25, 0.3) is 0 Å². The van der Waals surface area contributed by atoms with Crippen molar-refractivity contribution in [2.45, 2.75) is 81.1 Å². The molecule has 0 saturated heterocycles. The summed E-state index contributed by atoms with van der Waals surface area (Å²) in [4.78, 5) is 0. The molecule has 4 bridgehead atoms. The highest BCUT2D eigenvalue weighted by atomic mass is 14.1. The van der Waals surface area contributed by atoms with Crippen molar-refractivity contribution in [2.75, 3.05) is 0 Å². The average molecular weight is 329 g/mol. The fraction of sp³-hybridized carbons (Fsp3) is 0.500. The van der Waals surface area contributed by atoms with Crippen molar-refractivity contribution in [3.05, 3.63) is 70.8 Å². The van der Waals surface area contributed by atoms with E-state index in [1.165, 1.54) is 22.3 Å². The maximum atomic E-state index is 2.28. The molecule has 0 atom stereocenters. The molecule has 0 heterocycles. The van der Waals surface area contributed by atoms with Gasteiger partial charge in [-0.3, -0.25) is 0 Å². The van der Waals surface area contributed by atoms with Crippen LogP contribution in [-0.2, 0) is 25.7 Å². The third-order valence-corrected chi connectivity index (χ3v) is 3.45. The Morgan fingerprint density at radius 3 is 0.583 bits per heavy atom. The number of rotatable bonds is 0. The minimum absolute atomic E-state index is 1.15. The first kappa shape index (κ1) is 24.7. The maximum Gasteiger partial charge on any atom is -0.0238 e. The molecule has 2 aromatic carbocycles. The molecule has 0 aliphatic heterocycles. The number of benzene rings is 2. The second kappa shape index (κ2) is 17.8. The first-order valence-electron chi connectivity index (χ1n) is 10.1. The van der Waals surface area contributed by atoms with Crippen molar-refractivity contribution in [2.24, 2.45) is 0 Å². The fourth-order valence-corrected chi connectivity index (χ4v) is 2.32. The summed E-state index contributed by atoms with van der Waals surface area (Å²) in [6, 6.07) is 18.2. The number of hydrogen-bond donors (Lipinski definition) is 0. The summed E-state index contributed by atoms with van der Waals surface area (Å²) in [6.45, 7) is 16.0. The van der Waals surface area contributed by atoms with Gasteiger partial charge in [-0.25, -0.2) is 0 Å². The van der Waals surface area contributed by atoms with E-state index in [1.54, 1.807) is 0 Å². The highest BCUT2D eigenvalue weighted by molar-refractivity contribution is 5.29. The smallest absolute Gasteiger partial charge is 0.0238 e. The van der Waals surface area contributed by atoms with Gasteiger partial charge in [0.1, 0.15) is 0 Å². The molecular weight excluding hydrogens is 288 g/mol. The van der Waals surface area contributed by atoms with Gasteiger partial charge in [-0.1, -0.05) is 104 Å². The fourth-order valence-electron chi connectivity index (χ4n) is 2.32. The van der Waals surface area contributed by atoms with E-state index in [0.717, 1.165) is 25.7 Å². The molecule has 136 valence electrons. The molecule has 4 aliphatic rings. The number of hydrogen-bond acceptors (Lipinski definition) is 0. The van der Waals surface area contributed by atoms with E-state index in [9.17, 15) is 0 Å². The molecule has 0 amide bonds. The molecule has 24 heavy (non-hydrogen) atoms.